The molecule has 1 aliphatic heterocycles. The lowest BCUT2D eigenvalue weighted by atomic mass is 10.0. The minimum atomic E-state index is 0.0192. The van der Waals surface area contributed by atoms with E-state index in [9.17, 15) is 0 Å². The molecule has 2 fully saturated rings. The zero-order valence-corrected chi connectivity index (χ0v) is 11.2. The van der Waals surface area contributed by atoms with Crippen molar-refractivity contribution in [2.24, 2.45) is 5.73 Å². The Labute approximate surface area is 110 Å². The van der Waals surface area contributed by atoms with Gasteiger partial charge in [0.1, 0.15) is 0 Å². The van der Waals surface area contributed by atoms with Crippen LogP contribution in [0.15, 0.2) is 24.3 Å². The summed E-state index contributed by atoms with van der Waals surface area (Å²) in [7, 11) is 0. The van der Waals surface area contributed by atoms with Crippen LogP contribution in [0.2, 0.25) is 0 Å². The molecular weight excluding hydrogens is 220 g/mol. The molecule has 0 atom stereocenters. The first kappa shape index (κ1) is 12.2. The Morgan fingerprint density at radius 1 is 1.00 bits per heavy atom. The summed E-state index contributed by atoms with van der Waals surface area (Å²) in [6, 6.07) is 9.01. The number of likely N-dealkylation sites (tertiary alicyclic amines) is 1. The average molecular weight is 244 g/mol. The van der Waals surface area contributed by atoms with Gasteiger partial charge in [-0.1, -0.05) is 30.7 Å². The van der Waals surface area contributed by atoms with E-state index in [1.165, 1.54) is 56.4 Å². The molecule has 0 spiro atoms. The van der Waals surface area contributed by atoms with E-state index < -0.39 is 0 Å². The molecule has 98 valence electrons. The highest BCUT2D eigenvalue weighted by Gasteiger charge is 2.39. The molecule has 1 saturated heterocycles. The van der Waals surface area contributed by atoms with E-state index in [1.807, 2.05) is 0 Å². The highest BCUT2D eigenvalue weighted by atomic mass is 15.1. The van der Waals surface area contributed by atoms with Gasteiger partial charge in [-0.3, -0.25) is 0 Å². The molecule has 2 N–H and O–H groups in total. The lowest BCUT2D eigenvalue weighted by Crippen LogP contribution is -2.31. The summed E-state index contributed by atoms with van der Waals surface area (Å²) >= 11 is 0. The Kier molecular flexibility index (Phi) is 3.40. The maximum absolute atomic E-state index is 6.20. The molecule has 0 unspecified atom stereocenters. The van der Waals surface area contributed by atoms with Crippen molar-refractivity contribution in [3.05, 3.63) is 35.4 Å². The summed E-state index contributed by atoms with van der Waals surface area (Å²) in [5.74, 6) is 0. The van der Waals surface area contributed by atoms with Crippen molar-refractivity contribution in [1.82, 2.24) is 4.90 Å². The first-order chi connectivity index (χ1) is 8.76. The third-order valence-electron chi connectivity index (χ3n) is 4.48. The smallest absolute Gasteiger partial charge is 0.0411 e. The Hall–Kier alpha value is -0.860. The van der Waals surface area contributed by atoms with E-state index >= 15 is 0 Å². The second-order valence-electron chi connectivity index (χ2n) is 6.01. The lowest BCUT2D eigenvalue weighted by molar-refractivity contribution is 0.231. The van der Waals surface area contributed by atoms with E-state index in [0.717, 1.165) is 12.8 Å². The quantitative estimate of drug-likeness (QED) is 0.882. The van der Waals surface area contributed by atoms with E-state index in [1.54, 1.807) is 0 Å². The normalized spacial score (nSPS) is 22.9. The fraction of sp³-hybridized carbons (Fsp3) is 0.625. The molecular formula is C16H24N2. The van der Waals surface area contributed by atoms with E-state index in [4.69, 9.17) is 5.73 Å². The highest BCUT2D eigenvalue weighted by molar-refractivity contribution is 5.32. The summed E-state index contributed by atoms with van der Waals surface area (Å²) < 4.78 is 0. The van der Waals surface area contributed by atoms with Crippen LogP contribution in [-0.4, -0.2) is 24.5 Å². The molecule has 2 nitrogen and oxygen atoms in total. The number of nitrogens with two attached hydrogens (primary N) is 1. The Morgan fingerprint density at radius 3 is 2.28 bits per heavy atom. The third-order valence-corrected chi connectivity index (χ3v) is 4.48. The van der Waals surface area contributed by atoms with Crippen molar-refractivity contribution < 1.29 is 0 Å². The van der Waals surface area contributed by atoms with Gasteiger partial charge in [-0.15, -0.1) is 0 Å². The van der Waals surface area contributed by atoms with Crippen molar-refractivity contribution in [3.63, 3.8) is 0 Å². The molecule has 1 saturated carbocycles. The van der Waals surface area contributed by atoms with Gasteiger partial charge in [0.05, 0.1) is 0 Å². The van der Waals surface area contributed by atoms with Crippen LogP contribution in [0.25, 0.3) is 0 Å². The van der Waals surface area contributed by atoms with Gasteiger partial charge in [0, 0.05) is 12.1 Å². The maximum atomic E-state index is 6.20. The minimum absolute atomic E-state index is 0.0192. The molecule has 0 bridgehead atoms. The van der Waals surface area contributed by atoms with Crippen LogP contribution in [-0.2, 0) is 12.0 Å². The average Bonchev–Trinajstić information content (AvgIpc) is 3.17. The van der Waals surface area contributed by atoms with Crippen LogP contribution in [0, 0.1) is 0 Å². The van der Waals surface area contributed by atoms with Crippen molar-refractivity contribution in [2.75, 3.05) is 19.6 Å². The monoisotopic (exact) mass is 244 g/mol. The van der Waals surface area contributed by atoms with Gasteiger partial charge in [-0.05, 0) is 56.3 Å². The van der Waals surface area contributed by atoms with Crippen molar-refractivity contribution in [2.45, 2.75) is 44.1 Å². The van der Waals surface area contributed by atoms with Crippen LogP contribution in [0.1, 0.15) is 43.2 Å². The van der Waals surface area contributed by atoms with Crippen LogP contribution in [0.4, 0.5) is 0 Å². The predicted molar refractivity (Wildman–Crippen MR) is 75.5 cm³/mol. The maximum Gasteiger partial charge on any atom is 0.0411 e. The number of hydrogen-bond donors (Lipinski definition) is 1. The zero-order chi connectivity index (χ0) is 12.4. The lowest BCUT2D eigenvalue weighted by Gasteiger charge is -2.26. The van der Waals surface area contributed by atoms with Gasteiger partial charge in [-0.25, -0.2) is 0 Å². The SMILES string of the molecule is NC1(c2ccc(CCN3CCCCC3)cc2)CC1. The van der Waals surface area contributed by atoms with Gasteiger partial charge < -0.3 is 10.6 Å². The largest absolute Gasteiger partial charge is 0.321 e. The van der Waals surface area contributed by atoms with Crippen LogP contribution in [0.5, 0.6) is 0 Å². The highest BCUT2D eigenvalue weighted by Crippen LogP contribution is 2.42. The van der Waals surface area contributed by atoms with Crippen molar-refractivity contribution in [3.8, 4) is 0 Å². The Balaban J connectivity index is 1.53. The molecule has 1 aromatic rings. The van der Waals surface area contributed by atoms with Crippen LogP contribution in [0.3, 0.4) is 0 Å². The number of rotatable bonds is 4. The van der Waals surface area contributed by atoms with Gasteiger partial charge in [0.2, 0.25) is 0 Å². The first-order valence-corrected chi connectivity index (χ1v) is 7.37. The number of piperidine rings is 1. The second-order valence-corrected chi connectivity index (χ2v) is 6.01. The minimum Gasteiger partial charge on any atom is -0.321 e. The molecule has 0 amide bonds. The number of nitrogens with zero attached hydrogens (tertiary/aromatic N) is 1. The number of hydrogen-bond acceptors (Lipinski definition) is 2. The molecule has 1 aromatic carbocycles. The fourth-order valence-corrected chi connectivity index (χ4v) is 2.90. The summed E-state index contributed by atoms with van der Waals surface area (Å²) in [6.07, 6.45) is 7.67. The van der Waals surface area contributed by atoms with E-state index in [2.05, 4.69) is 29.2 Å². The van der Waals surface area contributed by atoms with E-state index in [0.29, 0.717) is 0 Å². The molecule has 0 radical (unpaired) electrons. The Bertz CT molecular complexity index is 386. The topological polar surface area (TPSA) is 29.3 Å². The molecule has 2 aliphatic rings. The van der Waals surface area contributed by atoms with Gasteiger partial charge in [0.15, 0.2) is 0 Å². The molecule has 18 heavy (non-hydrogen) atoms. The van der Waals surface area contributed by atoms with E-state index in [-0.39, 0.29) is 5.54 Å². The van der Waals surface area contributed by atoms with Crippen LogP contribution < -0.4 is 5.73 Å². The van der Waals surface area contributed by atoms with Gasteiger partial charge in [0.25, 0.3) is 0 Å². The Morgan fingerprint density at radius 2 is 1.67 bits per heavy atom. The van der Waals surface area contributed by atoms with Gasteiger partial charge >= 0.3 is 0 Å². The fourth-order valence-electron chi connectivity index (χ4n) is 2.90. The molecule has 3 rings (SSSR count). The van der Waals surface area contributed by atoms with Crippen LogP contribution >= 0.6 is 0 Å². The molecule has 0 aromatic heterocycles. The van der Waals surface area contributed by atoms with Crippen molar-refractivity contribution >= 4 is 0 Å². The second kappa shape index (κ2) is 5.02. The zero-order valence-electron chi connectivity index (χ0n) is 11.2. The third kappa shape index (κ3) is 2.76. The van der Waals surface area contributed by atoms with Crippen molar-refractivity contribution in [1.29, 1.82) is 0 Å². The summed E-state index contributed by atoms with van der Waals surface area (Å²) in [6.45, 7) is 3.81. The summed E-state index contributed by atoms with van der Waals surface area (Å²) in [5.41, 5.74) is 9.00. The standard InChI is InChI=1S/C16H24N2/c17-16(9-10-16)15-6-4-14(5-7-15)8-13-18-11-2-1-3-12-18/h4-7H,1-3,8-13,17H2. The first-order valence-electron chi connectivity index (χ1n) is 7.37. The predicted octanol–water partition coefficient (Wildman–Crippen LogP) is 2.66. The summed E-state index contributed by atoms with van der Waals surface area (Å²) in [4.78, 5) is 2.60. The molecule has 1 aliphatic carbocycles. The molecule has 2 heteroatoms. The summed E-state index contributed by atoms with van der Waals surface area (Å²) in [5, 5.41) is 0. The number of benzene rings is 1. The molecule has 1 heterocycles. The van der Waals surface area contributed by atoms with Gasteiger partial charge in [-0.2, -0.15) is 0 Å².